The van der Waals surface area contributed by atoms with Crippen molar-refractivity contribution in [2.45, 2.75) is 20.0 Å². The number of benzene rings is 2. The van der Waals surface area contributed by atoms with Gasteiger partial charge in [-0.15, -0.1) is 0 Å². The molecule has 0 aromatic heterocycles. The number of carbonyl (C=O) groups excluding carboxylic acids is 2. The van der Waals surface area contributed by atoms with Crippen LogP contribution in [0.1, 0.15) is 25.5 Å². The van der Waals surface area contributed by atoms with Crippen molar-refractivity contribution in [2.24, 2.45) is 5.92 Å². The summed E-state index contributed by atoms with van der Waals surface area (Å²) in [4.78, 5) is 23.9. The van der Waals surface area contributed by atoms with Gasteiger partial charge in [0.25, 0.3) is 5.91 Å². The molecule has 0 radical (unpaired) electrons. The number of anilines is 1. The minimum Gasteiger partial charge on any atom is -0.497 e. The molecule has 4 N–H and O–H groups in total. The van der Waals surface area contributed by atoms with Crippen molar-refractivity contribution in [3.63, 3.8) is 0 Å². The number of aliphatic hydroxyl groups is 1. The topological polar surface area (TPSA) is 126 Å². The number of hydrogen-bond acceptors (Lipinski definition) is 7. The Morgan fingerprint density at radius 3 is 2.29 bits per heavy atom. The molecule has 0 aliphatic rings. The minimum absolute atomic E-state index is 0.0954. The highest BCUT2D eigenvalue weighted by molar-refractivity contribution is 5.86. The van der Waals surface area contributed by atoms with Gasteiger partial charge in [0.05, 0.1) is 13.7 Å². The van der Waals surface area contributed by atoms with Gasteiger partial charge in [-0.1, -0.05) is 36.8 Å². The van der Waals surface area contributed by atoms with E-state index in [1.165, 1.54) is 17.6 Å². The molecule has 0 fully saturated rings. The molecule has 0 bridgehead atoms. The molecule has 0 heterocycles. The fraction of sp³-hybridized carbons (Fsp3) is 0.280. The van der Waals surface area contributed by atoms with E-state index in [1.807, 2.05) is 13.8 Å². The largest absolute Gasteiger partial charge is 0.497 e. The van der Waals surface area contributed by atoms with Crippen LogP contribution in [-0.2, 0) is 9.53 Å². The van der Waals surface area contributed by atoms with Crippen LogP contribution >= 0.6 is 0 Å². The second-order valence-electron chi connectivity index (χ2n) is 7.36. The van der Waals surface area contributed by atoms with Gasteiger partial charge in [0, 0.05) is 17.7 Å². The van der Waals surface area contributed by atoms with Crippen LogP contribution in [0.4, 0.5) is 10.5 Å². The summed E-state index contributed by atoms with van der Waals surface area (Å²) in [7, 11) is 1.56. The normalized spacial score (nSPS) is 13.1. The third kappa shape index (κ3) is 8.27. The Kier molecular flexibility index (Phi) is 10.6. The van der Waals surface area contributed by atoms with Gasteiger partial charge in [-0.05, 0) is 48.9 Å². The minimum atomic E-state index is -0.651. The number of amides is 2. The quantitative estimate of drug-likeness (QED) is 0.169. The summed E-state index contributed by atoms with van der Waals surface area (Å²) in [5.41, 5.74) is 3.65. The van der Waals surface area contributed by atoms with E-state index >= 15 is 0 Å². The molecule has 0 spiro atoms. The Balaban J connectivity index is 2.22. The summed E-state index contributed by atoms with van der Waals surface area (Å²) in [5, 5.41) is 20.2. The third-order valence-electron chi connectivity index (χ3n) is 5.03. The Labute approximate surface area is 198 Å². The summed E-state index contributed by atoms with van der Waals surface area (Å²) in [5.74, 6) is 0.337. The van der Waals surface area contributed by atoms with E-state index in [2.05, 4.69) is 5.32 Å². The molecule has 9 heteroatoms. The first kappa shape index (κ1) is 26.4. The molecule has 2 aromatic rings. The first-order chi connectivity index (χ1) is 16.4. The van der Waals surface area contributed by atoms with Crippen molar-refractivity contribution in [2.75, 3.05) is 25.6 Å². The predicted molar refractivity (Wildman–Crippen MR) is 127 cm³/mol. The number of hydrogen-bond donors (Lipinski definition) is 4. The Hall–Kier alpha value is -3.82. The van der Waals surface area contributed by atoms with Crippen LogP contribution in [-0.4, -0.2) is 42.6 Å². The molecule has 0 aliphatic carbocycles. The molecule has 0 aliphatic heterocycles. The van der Waals surface area contributed by atoms with E-state index in [9.17, 15) is 9.59 Å². The molecule has 182 valence electrons. The number of allylic oxidation sites excluding steroid dienone is 2. The zero-order chi connectivity index (χ0) is 24.9. The summed E-state index contributed by atoms with van der Waals surface area (Å²) in [6.07, 6.45) is 3.09. The fourth-order valence-corrected chi connectivity index (χ4v) is 3.03. The van der Waals surface area contributed by atoms with Crippen LogP contribution in [0.25, 0.3) is 0 Å². The molecule has 34 heavy (non-hydrogen) atoms. The monoisotopic (exact) mass is 470 g/mol. The number of methoxy groups -OCH3 is 1. The average molecular weight is 471 g/mol. The molecule has 2 rings (SSSR count). The summed E-state index contributed by atoms with van der Waals surface area (Å²) in [6, 6.07) is 13.9. The number of carbonyl (C=O) groups is 2. The lowest BCUT2D eigenvalue weighted by Crippen LogP contribution is -2.22. The summed E-state index contributed by atoms with van der Waals surface area (Å²) in [6.45, 7) is 3.83. The van der Waals surface area contributed by atoms with Crippen LogP contribution in [0.2, 0.25) is 0 Å². The molecule has 0 unspecified atom stereocenters. The average Bonchev–Trinajstić information content (AvgIpc) is 2.86. The van der Waals surface area contributed by atoms with E-state index in [1.54, 1.807) is 61.7 Å². The first-order valence-corrected chi connectivity index (χ1v) is 10.6. The molecule has 9 nitrogen and oxygen atoms in total. The van der Waals surface area contributed by atoms with Crippen molar-refractivity contribution in [1.29, 1.82) is 0 Å². The number of rotatable bonds is 11. The molecule has 2 aromatic carbocycles. The van der Waals surface area contributed by atoms with E-state index in [-0.39, 0.29) is 19.1 Å². The highest BCUT2D eigenvalue weighted by atomic mass is 16.6. The van der Waals surface area contributed by atoms with Gasteiger partial charge in [-0.2, -0.15) is 0 Å². The van der Waals surface area contributed by atoms with Gasteiger partial charge in [0.15, 0.2) is 0 Å². The van der Waals surface area contributed by atoms with Crippen molar-refractivity contribution in [3.05, 3.63) is 77.9 Å². The highest BCUT2D eigenvalue weighted by Crippen LogP contribution is 2.32. The fourth-order valence-electron chi connectivity index (χ4n) is 3.03. The SMILES string of the molecule is COc1ccc(NC(=O)O[C@H](c2ccc(OCCO)cc2)[C@@H](C)/C(C)=C/C=C/C(=O)NO)cc1. The maximum atomic E-state index is 12.7. The maximum Gasteiger partial charge on any atom is 0.412 e. The lowest BCUT2D eigenvalue weighted by Gasteiger charge is -2.25. The molecule has 0 saturated heterocycles. The Morgan fingerprint density at radius 1 is 1.06 bits per heavy atom. The second kappa shape index (κ2) is 13.7. The van der Waals surface area contributed by atoms with Gasteiger partial charge in [-0.3, -0.25) is 15.3 Å². The van der Waals surface area contributed by atoms with E-state index in [0.717, 1.165) is 11.1 Å². The lowest BCUT2D eigenvalue weighted by atomic mass is 9.91. The maximum absolute atomic E-state index is 12.7. The van der Waals surface area contributed by atoms with Crippen molar-refractivity contribution >= 4 is 17.7 Å². The smallest absolute Gasteiger partial charge is 0.412 e. The van der Waals surface area contributed by atoms with Crippen LogP contribution in [0.15, 0.2) is 72.3 Å². The molecular weight excluding hydrogens is 440 g/mol. The lowest BCUT2D eigenvalue weighted by molar-refractivity contribution is -0.124. The molecule has 2 atom stereocenters. The van der Waals surface area contributed by atoms with E-state index in [0.29, 0.717) is 17.2 Å². The number of nitrogens with one attached hydrogen (secondary N) is 2. The van der Waals surface area contributed by atoms with E-state index in [4.69, 9.17) is 24.5 Å². The third-order valence-corrected chi connectivity index (χ3v) is 5.03. The van der Waals surface area contributed by atoms with Crippen LogP contribution in [0.3, 0.4) is 0 Å². The van der Waals surface area contributed by atoms with Crippen LogP contribution < -0.4 is 20.3 Å². The standard InChI is InChI=1S/C25H30N2O7/c1-17(5-4-6-23(29)27-31)18(2)24(19-7-11-22(12-8-19)33-16-15-28)34-25(30)26-20-9-13-21(32-3)14-10-20/h4-14,18,24,28,31H,15-16H2,1-3H3,(H,26,30)(H,27,29)/b6-4+,17-5+/t18-,24-/m0/s1. The van der Waals surface area contributed by atoms with Crippen molar-refractivity contribution < 1.29 is 34.1 Å². The summed E-state index contributed by atoms with van der Waals surface area (Å²) < 4.78 is 16.3. The summed E-state index contributed by atoms with van der Waals surface area (Å²) >= 11 is 0. The van der Waals surface area contributed by atoms with Crippen molar-refractivity contribution in [1.82, 2.24) is 5.48 Å². The van der Waals surface area contributed by atoms with Gasteiger partial charge >= 0.3 is 6.09 Å². The molecule has 2 amide bonds. The zero-order valence-electron chi connectivity index (χ0n) is 19.4. The first-order valence-electron chi connectivity index (χ1n) is 10.6. The van der Waals surface area contributed by atoms with Crippen LogP contribution in [0.5, 0.6) is 11.5 Å². The highest BCUT2D eigenvalue weighted by Gasteiger charge is 2.25. The number of hydroxylamine groups is 1. The van der Waals surface area contributed by atoms with E-state index < -0.39 is 18.1 Å². The number of aliphatic hydroxyl groups excluding tert-OH is 1. The Bertz CT molecular complexity index is 985. The molecular formula is C25H30N2O7. The van der Waals surface area contributed by atoms with Gasteiger partial charge in [0.1, 0.15) is 24.2 Å². The molecule has 0 saturated carbocycles. The second-order valence-corrected chi connectivity index (χ2v) is 7.36. The van der Waals surface area contributed by atoms with Crippen molar-refractivity contribution in [3.8, 4) is 11.5 Å². The van der Waals surface area contributed by atoms with Gasteiger partial charge < -0.3 is 19.3 Å². The zero-order valence-corrected chi connectivity index (χ0v) is 19.4. The van der Waals surface area contributed by atoms with Gasteiger partial charge in [0.2, 0.25) is 0 Å². The number of ether oxygens (including phenoxy) is 3. The predicted octanol–water partition coefficient (Wildman–Crippen LogP) is 4.00. The van der Waals surface area contributed by atoms with Crippen LogP contribution in [0, 0.1) is 5.92 Å². The van der Waals surface area contributed by atoms with Gasteiger partial charge in [-0.25, -0.2) is 10.3 Å². The Morgan fingerprint density at radius 2 is 1.71 bits per heavy atom.